The number of nitro groups is 1. The van der Waals surface area contributed by atoms with E-state index in [-0.39, 0.29) is 16.9 Å². The zero-order valence-corrected chi connectivity index (χ0v) is 17.1. The summed E-state index contributed by atoms with van der Waals surface area (Å²) < 4.78 is 30.4. The molecule has 1 aromatic carbocycles. The van der Waals surface area contributed by atoms with E-state index in [0.29, 0.717) is 18.1 Å². The zero-order chi connectivity index (χ0) is 20.7. The number of nitro benzene ring substituents is 1. The molecule has 11 heteroatoms. The second kappa shape index (κ2) is 9.60. The summed E-state index contributed by atoms with van der Waals surface area (Å²) in [7, 11) is -3.81. The van der Waals surface area contributed by atoms with E-state index < -0.39 is 27.4 Å². The van der Waals surface area contributed by atoms with E-state index in [1.807, 2.05) is 6.07 Å². The molecular weight excluding hydrogens is 406 g/mol. The van der Waals surface area contributed by atoms with E-state index in [0.717, 1.165) is 16.3 Å². The number of carbonyl (C=O) groups excluding carboxylic acids is 1. The topological polar surface area (TPSA) is 123 Å². The summed E-state index contributed by atoms with van der Waals surface area (Å²) in [5, 5.41) is 13.8. The van der Waals surface area contributed by atoms with Gasteiger partial charge in [-0.25, -0.2) is 8.42 Å². The number of hydrogen-bond acceptors (Lipinski definition) is 7. The number of furan rings is 1. The van der Waals surface area contributed by atoms with Crippen molar-refractivity contribution in [3.05, 3.63) is 58.0 Å². The molecule has 0 bridgehead atoms. The van der Waals surface area contributed by atoms with Crippen LogP contribution in [-0.2, 0) is 20.6 Å². The summed E-state index contributed by atoms with van der Waals surface area (Å²) in [5.41, 5.74) is 0.0830. The molecule has 0 saturated heterocycles. The quantitative estimate of drug-likeness (QED) is 0.351. The van der Waals surface area contributed by atoms with Crippen LogP contribution in [0.25, 0.3) is 0 Å². The summed E-state index contributed by atoms with van der Waals surface area (Å²) in [4.78, 5) is 22.7. The van der Waals surface area contributed by atoms with Crippen molar-refractivity contribution < 1.29 is 22.6 Å². The smallest absolute Gasteiger partial charge is 0.274 e. The fourth-order valence-corrected chi connectivity index (χ4v) is 4.14. The molecule has 28 heavy (non-hydrogen) atoms. The van der Waals surface area contributed by atoms with Gasteiger partial charge in [-0.15, -0.1) is 0 Å². The van der Waals surface area contributed by atoms with Gasteiger partial charge in [0.05, 0.1) is 34.4 Å². The normalized spacial score (nSPS) is 11.2. The molecule has 0 spiro atoms. The molecule has 2 rings (SSSR count). The molecule has 1 heterocycles. The van der Waals surface area contributed by atoms with Crippen molar-refractivity contribution in [2.45, 2.75) is 12.7 Å². The van der Waals surface area contributed by atoms with Gasteiger partial charge in [0.25, 0.3) is 5.69 Å². The molecule has 0 aliphatic carbocycles. The Kier molecular flexibility index (Phi) is 7.46. The maximum atomic E-state index is 12.2. The zero-order valence-electron chi connectivity index (χ0n) is 15.5. The second-order valence-electron chi connectivity index (χ2n) is 5.93. The van der Waals surface area contributed by atoms with Gasteiger partial charge in [0.15, 0.2) is 0 Å². The van der Waals surface area contributed by atoms with E-state index in [2.05, 4.69) is 5.32 Å². The van der Waals surface area contributed by atoms with Crippen molar-refractivity contribution in [2.75, 3.05) is 29.4 Å². The lowest BCUT2D eigenvalue weighted by atomic mass is 10.1. The molecule has 2 aromatic rings. The van der Waals surface area contributed by atoms with E-state index >= 15 is 0 Å². The number of sulfonamides is 1. The lowest BCUT2D eigenvalue weighted by Crippen LogP contribution is -2.41. The van der Waals surface area contributed by atoms with Crippen molar-refractivity contribution in [1.29, 1.82) is 0 Å². The van der Waals surface area contributed by atoms with Gasteiger partial charge in [0.2, 0.25) is 15.9 Å². The number of benzene rings is 1. The van der Waals surface area contributed by atoms with Crippen LogP contribution < -0.4 is 9.62 Å². The summed E-state index contributed by atoms with van der Waals surface area (Å²) in [5.74, 6) is 1.64. The van der Waals surface area contributed by atoms with Gasteiger partial charge in [-0.1, -0.05) is 6.07 Å². The Morgan fingerprint density at radius 3 is 2.68 bits per heavy atom. The fourth-order valence-electron chi connectivity index (χ4n) is 2.48. The lowest BCUT2D eigenvalue weighted by molar-refractivity contribution is -0.385. The van der Waals surface area contributed by atoms with Crippen LogP contribution in [-0.4, -0.2) is 44.3 Å². The highest BCUT2D eigenvalue weighted by molar-refractivity contribution is 7.98. The molecule has 0 unspecified atom stereocenters. The predicted molar refractivity (Wildman–Crippen MR) is 108 cm³/mol. The first-order chi connectivity index (χ1) is 13.2. The Morgan fingerprint density at radius 2 is 2.07 bits per heavy atom. The van der Waals surface area contributed by atoms with Crippen LogP contribution in [0.4, 0.5) is 11.4 Å². The molecule has 0 aliphatic rings. The first-order valence-electron chi connectivity index (χ1n) is 8.28. The Bertz CT molecular complexity index is 928. The minimum Gasteiger partial charge on any atom is -0.468 e. The standard InChI is InChI=1S/C17H21N3O6S2/c1-13-15(6-3-7-16(13)20(22)23)19(28(2,24)25)11-17(21)18-8-10-27-12-14-5-4-9-26-14/h3-7,9H,8,10-12H2,1-2H3,(H,18,21). The second-order valence-corrected chi connectivity index (χ2v) is 8.94. The molecule has 1 aromatic heterocycles. The summed E-state index contributed by atoms with van der Waals surface area (Å²) in [6.45, 7) is 1.36. The third kappa shape index (κ3) is 5.99. The van der Waals surface area contributed by atoms with E-state index in [9.17, 15) is 23.3 Å². The average molecular weight is 428 g/mol. The summed E-state index contributed by atoms with van der Waals surface area (Å²) in [6, 6.07) is 7.78. The number of amides is 1. The van der Waals surface area contributed by atoms with Gasteiger partial charge in [0, 0.05) is 18.4 Å². The van der Waals surface area contributed by atoms with Crippen molar-refractivity contribution in [3.63, 3.8) is 0 Å². The number of anilines is 1. The molecule has 152 valence electrons. The molecule has 0 radical (unpaired) electrons. The van der Waals surface area contributed by atoms with Gasteiger partial charge in [-0.2, -0.15) is 11.8 Å². The van der Waals surface area contributed by atoms with Gasteiger partial charge >= 0.3 is 0 Å². The molecule has 1 amide bonds. The minimum atomic E-state index is -3.81. The van der Waals surface area contributed by atoms with Crippen molar-refractivity contribution in [2.24, 2.45) is 0 Å². The number of hydrogen-bond donors (Lipinski definition) is 1. The monoisotopic (exact) mass is 427 g/mol. The maximum Gasteiger partial charge on any atom is 0.274 e. The third-order valence-electron chi connectivity index (χ3n) is 3.82. The van der Waals surface area contributed by atoms with Crippen LogP contribution in [0.15, 0.2) is 41.0 Å². The lowest BCUT2D eigenvalue weighted by Gasteiger charge is -2.23. The molecule has 0 atom stereocenters. The number of nitrogens with one attached hydrogen (secondary N) is 1. The van der Waals surface area contributed by atoms with E-state index in [4.69, 9.17) is 4.42 Å². The largest absolute Gasteiger partial charge is 0.468 e. The number of thioether (sulfide) groups is 1. The highest BCUT2D eigenvalue weighted by Gasteiger charge is 2.25. The van der Waals surface area contributed by atoms with Crippen LogP contribution in [0.3, 0.4) is 0 Å². The molecular formula is C17H21N3O6S2. The third-order valence-corrected chi connectivity index (χ3v) is 5.93. The van der Waals surface area contributed by atoms with E-state index in [1.165, 1.54) is 25.1 Å². The highest BCUT2D eigenvalue weighted by Crippen LogP contribution is 2.29. The Morgan fingerprint density at radius 1 is 1.32 bits per heavy atom. The van der Waals surface area contributed by atoms with Crippen LogP contribution in [0, 0.1) is 17.0 Å². The molecule has 0 fully saturated rings. The van der Waals surface area contributed by atoms with Crippen molar-refractivity contribution in [3.8, 4) is 0 Å². The van der Waals surface area contributed by atoms with Crippen molar-refractivity contribution in [1.82, 2.24) is 5.32 Å². The van der Waals surface area contributed by atoms with Gasteiger partial charge in [-0.05, 0) is 25.1 Å². The Hall–Kier alpha value is -2.53. The highest BCUT2D eigenvalue weighted by atomic mass is 32.2. The Balaban J connectivity index is 1.98. The van der Waals surface area contributed by atoms with E-state index in [1.54, 1.807) is 24.1 Å². The first-order valence-corrected chi connectivity index (χ1v) is 11.3. The SMILES string of the molecule is Cc1c(N(CC(=O)NCCSCc2ccco2)S(C)(=O)=O)cccc1[N+](=O)[O-]. The number of nitrogens with zero attached hydrogens (tertiary/aromatic N) is 2. The molecule has 0 saturated carbocycles. The maximum absolute atomic E-state index is 12.2. The molecule has 9 nitrogen and oxygen atoms in total. The number of carbonyl (C=O) groups is 1. The van der Waals surface area contributed by atoms with Crippen molar-refractivity contribution >= 4 is 39.1 Å². The van der Waals surface area contributed by atoms with Gasteiger partial charge < -0.3 is 9.73 Å². The molecule has 1 N–H and O–H groups in total. The van der Waals surface area contributed by atoms with Crippen LogP contribution in [0.1, 0.15) is 11.3 Å². The Labute approximate surface area is 167 Å². The average Bonchev–Trinajstić information content (AvgIpc) is 3.12. The van der Waals surface area contributed by atoms with Gasteiger partial charge in [-0.3, -0.25) is 19.2 Å². The van der Waals surface area contributed by atoms with Crippen LogP contribution in [0.2, 0.25) is 0 Å². The molecule has 0 aliphatic heterocycles. The number of rotatable bonds is 10. The predicted octanol–water partition coefficient (Wildman–Crippen LogP) is 2.31. The van der Waals surface area contributed by atoms with Crippen LogP contribution >= 0.6 is 11.8 Å². The van der Waals surface area contributed by atoms with Crippen LogP contribution in [0.5, 0.6) is 0 Å². The minimum absolute atomic E-state index is 0.110. The summed E-state index contributed by atoms with van der Waals surface area (Å²) in [6.07, 6.45) is 2.55. The first kappa shape index (κ1) is 21.8. The fraction of sp³-hybridized carbons (Fsp3) is 0.353. The summed E-state index contributed by atoms with van der Waals surface area (Å²) >= 11 is 1.57. The van der Waals surface area contributed by atoms with Gasteiger partial charge in [0.1, 0.15) is 12.3 Å².